The van der Waals surface area contributed by atoms with Crippen molar-refractivity contribution in [3.8, 4) is 11.3 Å². The van der Waals surface area contributed by atoms with Crippen LogP contribution in [0.2, 0.25) is 0 Å². The number of carbonyl (C=O) groups excluding carboxylic acids is 1. The van der Waals surface area contributed by atoms with Crippen LogP contribution in [-0.4, -0.2) is 27.3 Å². The summed E-state index contributed by atoms with van der Waals surface area (Å²) < 4.78 is 2.15. The summed E-state index contributed by atoms with van der Waals surface area (Å²) >= 11 is 0. The Bertz CT molecular complexity index is 917. The Kier molecular flexibility index (Phi) is 6.19. The summed E-state index contributed by atoms with van der Waals surface area (Å²) in [5.74, 6) is 0. The van der Waals surface area contributed by atoms with Crippen LogP contribution < -0.4 is 10.6 Å². The molecule has 0 saturated heterocycles. The normalized spacial score (nSPS) is 14.1. The first-order valence-corrected chi connectivity index (χ1v) is 10.3. The third kappa shape index (κ3) is 5.02. The van der Waals surface area contributed by atoms with Crippen LogP contribution in [0, 0.1) is 0 Å². The Labute approximate surface area is 171 Å². The Hall–Kier alpha value is -3.15. The van der Waals surface area contributed by atoms with E-state index in [2.05, 4.69) is 38.5 Å². The van der Waals surface area contributed by atoms with E-state index >= 15 is 0 Å². The van der Waals surface area contributed by atoms with Gasteiger partial charge in [0.25, 0.3) is 0 Å². The zero-order valence-electron chi connectivity index (χ0n) is 16.6. The second kappa shape index (κ2) is 9.37. The van der Waals surface area contributed by atoms with Gasteiger partial charge in [0.05, 0.1) is 24.0 Å². The molecule has 1 aliphatic carbocycles. The maximum absolute atomic E-state index is 12.2. The zero-order valence-corrected chi connectivity index (χ0v) is 16.6. The average Bonchev–Trinajstić information content (AvgIpc) is 3.43. The van der Waals surface area contributed by atoms with Gasteiger partial charge in [0.2, 0.25) is 0 Å². The van der Waals surface area contributed by atoms with Crippen LogP contribution in [0.3, 0.4) is 0 Å². The number of hydrogen-bond acceptors (Lipinski definition) is 3. The van der Waals surface area contributed by atoms with Crippen LogP contribution in [0.15, 0.2) is 60.9 Å². The van der Waals surface area contributed by atoms with Gasteiger partial charge in [-0.15, -0.1) is 0 Å². The highest BCUT2D eigenvalue weighted by molar-refractivity contribution is 5.73. The highest BCUT2D eigenvalue weighted by Crippen LogP contribution is 2.33. The molecular weight excluding hydrogens is 362 g/mol. The molecule has 1 fully saturated rings. The number of aromatic nitrogens is 3. The molecule has 0 spiro atoms. The van der Waals surface area contributed by atoms with Crippen molar-refractivity contribution in [3.05, 3.63) is 72.2 Å². The lowest BCUT2D eigenvalue weighted by Gasteiger charge is -2.14. The lowest BCUT2D eigenvalue weighted by molar-refractivity contribution is 0.240. The quantitative estimate of drug-likeness (QED) is 0.639. The largest absolute Gasteiger partial charge is 0.338 e. The zero-order chi connectivity index (χ0) is 19.9. The fourth-order valence-corrected chi connectivity index (χ4v) is 3.90. The van der Waals surface area contributed by atoms with E-state index in [4.69, 9.17) is 5.10 Å². The number of carbonyl (C=O) groups is 1. The maximum Gasteiger partial charge on any atom is 0.315 e. The van der Waals surface area contributed by atoms with Crippen molar-refractivity contribution < 1.29 is 4.79 Å². The first kappa shape index (κ1) is 19.2. The van der Waals surface area contributed by atoms with E-state index in [0.717, 1.165) is 36.2 Å². The van der Waals surface area contributed by atoms with E-state index in [1.807, 2.05) is 30.3 Å². The van der Waals surface area contributed by atoms with Gasteiger partial charge in [-0.3, -0.25) is 9.67 Å². The van der Waals surface area contributed by atoms with E-state index < -0.39 is 0 Å². The van der Waals surface area contributed by atoms with Crippen LogP contribution in [0.4, 0.5) is 4.79 Å². The molecule has 0 bridgehead atoms. The summed E-state index contributed by atoms with van der Waals surface area (Å²) in [4.78, 5) is 16.3. The highest BCUT2D eigenvalue weighted by atomic mass is 16.2. The summed E-state index contributed by atoms with van der Waals surface area (Å²) in [6.07, 6.45) is 9.24. The van der Waals surface area contributed by atoms with Gasteiger partial charge >= 0.3 is 6.03 Å². The van der Waals surface area contributed by atoms with E-state index in [0.29, 0.717) is 19.1 Å². The molecule has 150 valence electrons. The number of benzene rings is 1. The number of hydrogen-bond donors (Lipinski definition) is 2. The molecule has 3 aromatic rings. The highest BCUT2D eigenvalue weighted by Gasteiger charge is 2.22. The molecule has 6 heteroatoms. The molecule has 6 nitrogen and oxygen atoms in total. The minimum Gasteiger partial charge on any atom is -0.338 e. The molecule has 2 aromatic heterocycles. The van der Waals surface area contributed by atoms with Crippen LogP contribution in [-0.2, 0) is 13.0 Å². The van der Waals surface area contributed by atoms with Crippen molar-refractivity contribution in [1.29, 1.82) is 0 Å². The minimum atomic E-state index is -0.165. The molecule has 2 amide bonds. The lowest BCUT2D eigenvalue weighted by atomic mass is 10.1. The number of nitrogens with one attached hydrogen (secondary N) is 2. The minimum absolute atomic E-state index is 0.165. The van der Waals surface area contributed by atoms with Crippen molar-refractivity contribution in [1.82, 2.24) is 25.4 Å². The van der Waals surface area contributed by atoms with Gasteiger partial charge in [-0.25, -0.2) is 4.79 Å². The standard InChI is InChI=1S/C23H27N5O/c29-23(25-15-10-18-6-2-1-3-7-18)26-17-20-16-22(19-11-13-24-14-12-19)28(27-20)21-8-4-5-9-21/h1-3,6-7,11-14,16,21H,4-5,8-10,15,17H2,(H2,25,26,29). The fourth-order valence-electron chi connectivity index (χ4n) is 3.90. The first-order valence-electron chi connectivity index (χ1n) is 10.3. The van der Waals surface area contributed by atoms with E-state index in [1.165, 1.54) is 18.4 Å². The number of amides is 2. The summed E-state index contributed by atoms with van der Waals surface area (Å²) in [5.41, 5.74) is 4.30. The van der Waals surface area contributed by atoms with Crippen LogP contribution in [0.25, 0.3) is 11.3 Å². The smallest absolute Gasteiger partial charge is 0.315 e. The van der Waals surface area contributed by atoms with E-state index in [1.54, 1.807) is 12.4 Å². The fraction of sp³-hybridized carbons (Fsp3) is 0.348. The maximum atomic E-state index is 12.2. The molecule has 0 unspecified atom stereocenters. The van der Waals surface area contributed by atoms with Crippen LogP contribution in [0.5, 0.6) is 0 Å². The van der Waals surface area contributed by atoms with Crippen molar-refractivity contribution in [2.24, 2.45) is 0 Å². The van der Waals surface area contributed by atoms with Crippen molar-refractivity contribution >= 4 is 6.03 Å². The van der Waals surface area contributed by atoms with Gasteiger partial charge in [-0.1, -0.05) is 43.2 Å². The molecule has 1 aliphatic rings. The molecule has 0 atom stereocenters. The molecule has 0 radical (unpaired) electrons. The van der Waals surface area contributed by atoms with Gasteiger partial charge in [0.1, 0.15) is 0 Å². The molecule has 2 heterocycles. The summed E-state index contributed by atoms with van der Waals surface area (Å²) in [7, 11) is 0. The Morgan fingerprint density at radius 1 is 1.03 bits per heavy atom. The molecule has 29 heavy (non-hydrogen) atoms. The topological polar surface area (TPSA) is 71.8 Å². The van der Waals surface area contributed by atoms with Crippen LogP contribution in [0.1, 0.15) is 43.0 Å². The predicted octanol–water partition coefficient (Wildman–Crippen LogP) is 4.10. The Morgan fingerprint density at radius 3 is 2.55 bits per heavy atom. The number of rotatable bonds is 7. The predicted molar refractivity (Wildman–Crippen MR) is 113 cm³/mol. The van der Waals surface area contributed by atoms with Gasteiger partial charge in [0, 0.05) is 24.5 Å². The van der Waals surface area contributed by atoms with Crippen molar-refractivity contribution in [2.75, 3.05) is 6.54 Å². The first-order chi connectivity index (χ1) is 14.3. The Morgan fingerprint density at radius 2 is 1.79 bits per heavy atom. The average molecular weight is 390 g/mol. The summed E-state index contributed by atoms with van der Waals surface area (Å²) in [6.45, 7) is 1.02. The number of pyridine rings is 1. The van der Waals surface area contributed by atoms with Crippen molar-refractivity contribution in [2.45, 2.75) is 44.7 Å². The van der Waals surface area contributed by atoms with E-state index in [-0.39, 0.29) is 6.03 Å². The number of nitrogens with zero attached hydrogens (tertiary/aromatic N) is 3. The van der Waals surface area contributed by atoms with Crippen molar-refractivity contribution in [3.63, 3.8) is 0 Å². The van der Waals surface area contributed by atoms with Gasteiger partial charge in [0.15, 0.2) is 0 Å². The second-order valence-electron chi connectivity index (χ2n) is 7.48. The summed E-state index contributed by atoms with van der Waals surface area (Å²) in [5, 5.41) is 10.7. The summed E-state index contributed by atoms with van der Waals surface area (Å²) in [6, 6.07) is 16.5. The third-order valence-corrected chi connectivity index (χ3v) is 5.41. The molecular formula is C23H27N5O. The Balaban J connectivity index is 1.36. The third-order valence-electron chi connectivity index (χ3n) is 5.41. The van der Waals surface area contributed by atoms with Gasteiger partial charge in [-0.05, 0) is 43.0 Å². The SMILES string of the molecule is O=C(NCCc1ccccc1)NCc1cc(-c2ccncc2)n(C2CCCC2)n1. The van der Waals surface area contributed by atoms with Gasteiger partial charge < -0.3 is 10.6 Å². The van der Waals surface area contributed by atoms with Crippen LogP contribution >= 0.6 is 0 Å². The van der Waals surface area contributed by atoms with Gasteiger partial charge in [-0.2, -0.15) is 5.10 Å². The monoisotopic (exact) mass is 389 g/mol. The molecule has 1 aromatic carbocycles. The molecule has 0 aliphatic heterocycles. The molecule has 1 saturated carbocycles. The lowest BCUT2D eigenvalue weighted by Crippen LogP contribution is -2.36. The second-order valence-corrected chi connectivity index (χ2v) is 7.48. The number of urea groups is 1. The molecule has 2 N–H and O–H groups in total. The van der Waals surface area contributed by atoms with E-state index in [9.17, 15) is 4.79 Å². The molecule has 4 rings (SSSR count).